The molecule has 2 nitrogen and oxygen atoms in total. The Hall–Kier alpha value is -0.0731. The fraction of sp³-hybridized carbons (Fsp3) is 0.400. The van der Waals surface area contributed by atoms with E-state index in [-0.39, 0.29) is 6.61 Å². The van der Waals surface area contributed by atoms with E-state index >= 15 is 0 Å². The second-order valence-corrected chi connectivity index (χ2v) is 4.42. The lowest BCUT2D eigenvalue weighted by molar-refractivity contribution is 0.277. The van der Waals surface area contributed by atoms with Crippen molar-refractivity contribution < 1.29 is 9.84 Å². The topological polar surface area (TPSA) is 29.5 Å². The SMILES string of the molecule is OCc1cccc(OCCC[Si])c1I. The van der Waals surface area contributed by atoms with Gasteiger partial charge in [0.15, 0.2) is 0 Å². The van der Waals surface area contributed by atoms with Crippen molar-refractivity contribution in [1.29, 1.82) is 0 Å². The Balaban J connectivity index is 2.66. The average Bonchev–Trinajstić information content (AvgIpc) is 2.21. The first-order valence-electron chi connectivity index (χ1n) is 4.45. The molecular weight excluding hydrogens is 307 g/mol. The summed E-state index contributed by atoms with van der Waals surface area (Å²) >= 11 is 2.20. The van der Waals surface area contributed by atoms with E-state index < -0.39 is 0 Å². The van der Waals surface area contributed by atoms with Crippen LogP contribution in [0.15, 0.2) is 18.2 Å². The van der Waals surface area contributed by atoms with E-state index in [0.717, 1.165) is 27.3 Å². The van der Waals surface area contributed by atoms with Crippen molar-refractivity contribution in [2.75, 3.05) is 6.61 Å². The van der Waals surface area contributed by atoms with Crippen LogP contribution in [-0.2, 0) is 6.61 Å². The van der Waals surface area contributed by atoms with Crippen molar-refractivity contribution >= 4 is 32.8 Å². The second-order valence-electron chi connectivity index (χ2n) is 2.84. The lowest BCUT2D eigenvalue weighted by Crippen LogP contribution is -2.00. The molecule has 0 saturated heterocycles. The molecule has 0 atom stereocenters. The number of hydrogen-bond acceptors (Lipinski definition) is 2. The summed E-state index contributed by atoms with van der Waals surface area (Å²) in [5.74, 6) is 0.859. The Labute approximate surface area is 101 Å². The zero-order valence-corrected chi connectivity index (χ0v) is 11.0. The number of aliphatic hydroxyl groups is 1. The van der Waals surface area contributed by atoms with E-state index in [4.69, 9.17) is 9.84 Å². The van der Waals surface area contributed by atoms with Gasteiger partial charge in [0, 0.05) is 10.2 Å². The van der Waals surface area contributed by atoms with E-state index in [0.29, 0.717) is 6.61 Å². The molecule has 1 rings (SSSR count). The second kappa shape index (κ2) is 6.42. The van der Waals surface area contributed by atoms with Gasteiger partial charge < -0.3 is 9.84 Å². The van der Waals surface area contributed by atoms with Gasteiger partial charge in [-0.1, -0.05) is 18.2 Å². The third kappa shape index (κ3) is 3.25. The van der Waals surface area contributed by atoms with Crippen molar-refractivity contribution in [3.63, 3.8) is 0 Å². The van der Waals surface area contributed by atoms with Crippen molar-refractivity contribution in [3.05, 3.63) is 27.3 Å². The van der Waals surface area contributed by atoms with Crippen molar-refractivity contribution in [1.82, 2.24) is 0 Å². The van der Waals surface area contributed by atoms with Gasteiger partial charge in [-0.05, 0) is 40.6 Å². The number of ether oxygens (including phenoxy) is 1. The lowest BCUT2D eigenvalue weighted by Gasteiger charge is -2.09. The summed E-state index contributed by atoms with van der Waals surface area (Å²) in [5, 5.41) is 9.05. The van der Waals surface area contributed by atoms with Gasteiger partial charge in [-0.15, -0.1) is 0 Å². The van der Waals surface area contributed by atoms with Crippen molar-refractivity contribution in [3.8, 4) is 5.75 Å². The number of benzene rings is 1. The molecule has 75 valence electrons. The normalized spacial score (nSPS) is 10.2. The Morgan fingerprint density at radius 2 is 2.21 bits per heavy atom. The average molecular weight is 319 g/mol. The monoisotopic (exact) mass is 319 g/mol. The van der Waals surface area contributed by atoms with Gasteiger partial charge in [0.2, 0.25) is 0 Å². The minimum absolute atomic E-state index is 0.0631. The molecule has 0 aliphatic heterocycles. The molecule has 0 fully saturated rings. The zero-order valence-electron chi connectivity index (χ0n) is 7.79. The molecule has 0 bridgehead atoms. The quantitative estimate of drug-likeness (QED) is 0.512. The Bertz CT molecular complexity index is 291. The molecule has 0 unspecified atom stereocenters. The zero-order chi connectivity index (χ0) is 10.4. The highest BCUT2D eigenvalue weighted by molar-refractivity contribution is 14.1. The molecule has 0 spiro atoms. The highest BCUT2D eigenvalue weighted by Crippen LogP contribution is 2.24. The summed E-state index contributed by atoms with van der Waals surface area (Å²) < 4.78 is 6.57. The van der Waals surface area contributed by atoms with Crippen LogP contribution >= 0.6 is 22.6 Å². The Morgan fingerprint density at radius 3 is 2.86 bits per heavy atom. The molecule has 0 heterocycles. The maximum Gasteiger partial charge on any atom is 0.132 e. The number of aliphatic hydroxyl groups excluding tert-OH is 1. The number of hydrogen-bond donors (Lipinski definition) is 1. The molecule has 0 saturated carbocycles. The minimum Gasteiger partial charge on any atom is -0.492 e. The maximum atomic E-state index is 9.05. The predicted octanol–water partition coefficient (Wildman–Crippen LogP) is 2.14. The summed E-state index contributed by atoms with van der Waals surface area (Å²) in [6.45, 7) is 0.766. The smallest absolute Gasteiger partial charge is 0.132 e. The van der Waals surface area contributed by atoms with E-state index in [1.165, 1.54) is 0 Å². The first-order valence-corrected chi connectivity index (χ1v) is 6.23. The lowest BCUT2D eigenvalue weighted by atomic mass is 10.2. The largest absolute Gasteiger partial charge is 0.492 e. The van der Waals surface area contributed by atoms with Gasteiger partial charge in [-0.3, -0.25) is 0 Å². The van der Waals surface area contributed by atoms with Crippen molar-refractivity contribution in [2.45, 2.75) is 19.1 Å². The molecule has 0 aliphatic carbocycles. The summed E-state index contributed by atoms with van der Waals surface area (Å²) in [7, 11) is 3.39. The molecule has 0 amide bonds. The van der Waals surface area contributed by atoms with Crippen LogP contribution in [0.4, 0.5) is 0 Å². The third-order valence-corrected chi connectivity index (χ3v) is 3.37. The first-order chi connectivity index (χ1) is 6.79. The van der Waals surface area contributed by atoms with Crippen LogP contribution in [0, 0.1) is 3.57 Å². The van der Waals surface area contributed by atoms with Crippen LogP contribution in [0.1, 0.15) is 12.0 Å². The summed E-state index contributed by atoms with van der Waals surface area (Å²) in [6, 6.07) is 6.67. The molecular formula is C10H12IO2Si. The molecule has 1 aromatic carbocycles. The van der Waals surface area contributed by atoms with Gasteiger partial charge in [0.1, 0.15) is 5.75 Å². The van der Waals surface area contributed by atoms with Crippen LogP contribution in [0.2, 0.25) is 6.04 Å². The number of rotatable bonds is 5. The molecule has 4 heteroatoms. The van der Waals surface area contributed by atoms with Crippen LogP contribution in [0.25, 0.3) is 0 Å². The minimum atomic E-state index is 0.0631. The van der Waals surface area contributed by atoms with Crippen LogP contribution in [0.3, 0.4) is 0 Å². The van der Waals surface area contributed by atoms with Gasteiger partial charge in [-0.2, -0.15) is 0 Å². The highest BCUT2D eigenvalue weighted by atomic mass is 127. The van der Waals surface area contributed by atoms with Gasteiger partial charge in [0.05, 0.1) is 16.8 Å². The standard InChI is InChI=1S/C10H12IO2Si/c11-10-8(7-12)3-1-4-9(10)13-5-2-6-14/h1,3-4,12H,2,5-7H2. The van der Waals surface area contributed by atoms with E-state index in [9.17, 15) is 0 Å². The van der Waals surface area contributed by atoms with Gasteiger partial charge >= 0.3 is 0 Å². The molecule has 3 radical (unpaired) electrons. The molecule has 0 aromatic heterocycles. The van der Waals surface area contributed by atoms with Gasteiger partial charge in [-0.25, -0.2) is 0 Å². The Morgan fingerprint density at radius 1 is 1.43 bits per heavy atom. The third-order valence-electron chi connectivity index (χ3n) is 1.79. The van der Waals surface area contributed by atoms with E-state index in [1.54, 1.807) is 0 Å². The molecule has 0 aliphatic rings. The highest BCUT2D eigenvalue weighted by Gasteiger charge is 2.04. The maximum absolute atomic E-state index is 9.05. The fourth-order valence-electron chi connectivity index (χ4n) is 1.04. The summed E-state index contributed by atoms with van der Waals surface area (Å²) in [6.07, 6.45) is 0.982. The van der Waals surface area contributed by atoms with E-state index in [2.05, 4.69) is 32.8 Å². The predicted molar refractivity (Wildman–Crippen MR) is 65.8 cm³/mol. The van der Waals surface area contributed by atoms with Gasteiger partial charge in [0.25, 0.3) is 0 Å². The fourth-order valence-corrected chi connectivity index (χ4v) is 1.87. The van der Waals surface area contributed by atoms with E-state index in [1.807, 2.05) is 18.2 Å². The summed E-state index contributed by atoms with van der Waals surface area (Å²) in [5.41, 5.74) is 0.918. The molecule has 1 aromatic rings. The van der Waals surface area contributed by atoms with Crippen LogP contribution < -0.4 is 4.74 Å². The molecule has 1 N–H and O–H groups in total. The Kier molecular flexibility index (Phi) is 5.50. The van der Waals surface area contributed by atoms with Crippen LogP contribution in [0.5, 0.6) is 5.75 Å². The molecule has 14 heavy (non-hydrogen) atoms. The summed E-state index contributed by atoms with van der Waals surface area (Å²) in [4.78, 5) is 0. The number of halogens is 1. The van der Waals surface area contributed by atoms with Crippen LogP contribution in [-0.4, -0.2) is 22.0 Å². The first kappa shape index (κ1) is 12.0. The van der Waals surface area contributed by atoms with Crippen molar-refractivity contribution in [2.24, 2.45) is 0 Å².